The molecule has 1 amide bonds. The molecule has 1 spiro atoms. The molecule has 2 fully saturated rings. The zero-order valence-electron chi connectivity index (χ0n) is 16.4. The summed E-state index contributed by atoms with van der Waals surface area (Å²) in [5, 5.41) is 3.98. The van der Waals surface area contributed by atoms with E-state index in [1.165, 1.54) is 22.5 Å². The Morgan fingerprint density at radius 1 is 1.25 bits per heavy atom. The number of benzene rings is 1. The van der Waals surface area contributed by atoms with Gasteiger partial charge in [0.05, 0.1) is 26.6 Å². The molecule has 0 unspecified atom stereocenters. The molecule has 0 radical (unpaired) electrons. The van der Waals surface area contributed by atoms with Crippen LogP contribution in [0, 0.1) is 5.92 Å². The van der Waals surface area contributed by atoms with E-state index in [2.05, 4.69) is 19.2 Å². The molecule has 2 aliphatic rings. The standard InChI is InChI=1S/C19H27Cl2N3O3S/c1-4-13(2)12-24-18(25)14(3)22-19(24)7-9-23(10-8-19)28(26,27)15-5-6-16(20)17(21)11-15/h5-6,11,13-14,22H,4,7-10,12H2,1-3H3/t13-,14+/m1/s1. The van der Waals surface area contributed by atoms with Crippen LogP contribution in [0.15, 0.2) is 23.1 Å². The maximum absolute atomic E-state index is 13.0. The van der Waals surface area contributed by atoms with Gasteiger partial charge in [-0.05, 0) is 43.9 Å². The van der Waals surface area contributed by atoms with Gasteiger partial charge in [-0.3, -0.25) is 10.1 Å². The SMILES string of the molecule is CC[C@@H](C)CN1C(=O)[C@H](C)NC12CCN(S(=O)(=O)c1ccc(Cl)c(Cl)c1)CC2. The molecular formula is C19H27Cl2N3O3S. The number of halogens is 2. The lowest BCUT2D eigenvalue weighted by molar-refractivity contribution is -0.133. The van der Waals surface area contributed by atoms with Gasteiger partial charge >= 0.3 is 0 Å². The topological polar surface area (TPSA) is 69.7 Å². The lowest BCUT2D eigenvalue weighted by Crippen LogP contribution is -2.60. The predicted octanol–water partition coefficient (Wildman–Crippen LogP) is 3.34. The summed E-state index contributed by atoms with van der Waals surface area (Å²) in [4.78, 5) is 14.8. The van der Waals surface area contributed by atoms with Crippen LogP contribution in [0.1, 0.15) is 40.0 Å². The van der Waals surface area contributed by atoms with Crippen LogP contribution >= 0.6 is 23.2 Å². The Morgan fingerprint density at radius 2 is 1.89 bits per heavy atom. The summed E-state index contributed by atoms with van der Waals surface area (Å²) in [6.45, 7) is 7.49. The van der Waals surface area contributed by atoms with Gasteiger partial charge in [-0.15, -0.1) is 0 Å². The molecular weight excluding hydrogens is 421 g/mol. The van der Waals surface area contributed by atoms with Crippen LogP contribution < -0.4 is 5.32 Å². The molecule has 28 heavy (non-hydrogen) atoms. The second-order valence-electron chi connectivity index (χ2n) is 7.84. The maximum atomic E-state index is 13.0. The van der Waals surface area contributed by atoms with Crippen LogP contribution in [0.25, 0.3) is 0 Å². The zero-order valence-corrected chi connectivity index (χ0v) is 18.7. The minimum absolute atomic E-state index is 0.0982. The number of nitrogens with one attached hydrogen (secondary N) is 1. The van der Waals surface area contributed by atoms with Crippen LogP contribution in [0.5, 0.6) is 0 Å². The molecule has 156 valence electrons. The lowest BCUT2D eigenvalue weighted by Gasteiger charge is -2.45. The normalized spacial score (nSPS) is 24.1. The summed E-state index contributed by atoms with van der Waals surface area (Å²) in [5.74, 6) is 0.493. The van der Waals surface area contributed by atoms with Crippen LogP contribution in [-0.2, 0) is 14.8 Å². The van der Waals surface area contributed by atoms with E-state index >= 15 is 0 Å². The lowest BCUT2D eigenvalue weighted by atomic mass is 9.95. The van der Waals surface area contributed by atoms with Crippen molar-refractivity contribution in [2.75, 3.05) is 19.6 Å². The van der Waals surface area contributed by atoms with Crippen molar-refractivity contribution in [3.8, 4) is 0 Å². The molecule has 1 aromatic rings. The fraction of sp³-hybridized carbons (Fsp3) is 0.632. The number of carbonyl (C=O) groups excluding carboxylic acids is 1. The largest absolute Gasteiger partial charge is 0.323 e. The first-order valence-electron chi connectivity index (χ1n) is 9.65. The Hall–Kier alpha value is -0.860. The van der Waals surface area contributed by atoms with Crippen molar-refractivity contribution in [2.45, 2.75) is 56.6 Å². The molecule has 9 heteroatoms. The molecule has 3 rings (SSSR count). The molecule has 2 atom stereocenters. The van der Waals surface area contributed by atoms with Crippen LogP contribution in [0.2, 0.25) is 10.0 Å². The summed E-state index contributed by atoms with van der Waals surface area (Å²) in [6, 6.07) is 4.11. The monoisotopic (exact) mass is 447 g/mol. The summed E-state index contributed by atoms with van der Waals surface area (Å²) in [6.07, 6.45) is 2.10. The van der Waals surface area contributed by atoms with Crippen molar-refractivity contribution >= 4 is 39.1 Å². The highest BCUT2D eigenvalue weighted by Gasteiger charge is 2.51. The summed E-state index contributed by atoms with van der Waals surface area (Å²) in [5.41, 5.74) is -0.469. The van der Waals surface area contributed by atoms with E-state index in [1.807, 2.05) is 11.8 Å². The van der Waals surface area contributed by atoms with Crippen molar-refractivity contribution in [1.82, 2.24) is 14.5 Å². The average molecular weight is 448 g/mol. The van der Waals surface area contributed by atoms with Crippen molar-refractivity contribution in [2.24, 2.45) is 5.92 Å². The number of amides is 1. The van der Waals surface area contributed by atoms with Crippen molar-refractivity contribution in [3.05, 3.63) is 28.2 Å². The number of hydrogen-bond acceptors (Lipinski definition) is 4. The fourth-order valence-electron chi connectivity index (χ4n) is 3.99. The number of rotatable bonds is 5. The minimum atomic E-state index is -3.66. The third kappa shape index (κ3) is 3.92. The molecule has 0 bridgehead atoms. The van der Waals surface area contributed by atoms with E-state index in [0.29, 0.717) is 43.4 Å². The number of piperidine rings is 1. The molecule has 6 nitrogen and oxygen atoms in total. The highest BCUT2D eigenvalue weighted by molar-refractivity contribution is 7.89. The van der Waals surface area contributed by atoms with Gasteiger partial charge in [-0.1, -0.05) is 43.5 Å². The first-order chi connectivity index (χ1) is 13.1. The zero-order chi connectivity index (χ0) is 20.7. The fourth-order valence-corrected chi connectivity index (χ4v) is 5.82. The summed E-state index contributed by atoms with van der Waals surface area (Å²) < 4.78 is 27.5. The highest BCUT2D eigenvalue weighted by atomic mass is 35.5. The molecule has 1 N–H and O–H groups in total. The smallest absolute Gasteiger partial charge is 0.243 e. The average Bonchev–Trinajstić information content (AvgIpc) is 2.88. The number of carbonyl (C=O) groups is 1. The van der Waals surface area contributed by atoms with E-state index in [1.54, 1.807) is 0 Å². The van der Waals surface area contributed by atoms with Gasteiger partial charge in [0.15, 0.2) is 0 Å². The van der Waals surface area contributed by atoms with E-state index in [9.17, 15) is 13.2 Å². The van der Waals surface area contributed by atoms with Crippen LogP contribution in [-0.4, -0.2) is 54.9 Å². The van der Waals surface area contributed by atoms with Gasteiger partial charge < -0.3 is 4.90 Å². The Bertz CT molecular complexity index is 854. The summed E-state index contributed by atoms with van der Waals surface area (Å²) in [7, 11) is -3.66. The Balaban J connectivity index is 1.78. The minimum Gasteiger partial charge on any atom is -0.323 e. The Morgan fingerprint density at radius 3 is 2.46 bits per heavy atom. The summed E-state index contributed by atoms with van der Waals surface area (Å²) >= 11 is 11.9. The van der Waals surface area contributed by atoms with E-state index in [-0.39, 0.29) is 21.9 Å². The number of nitrogens with zero attached hydrogens (tertiary/aromatic N) is 2. The predicted molar refractivity (Wildman–Crippen MR) is 111 cm³/mol. The van der Waals surface area contributed by atoms with Gasteiger partial charge in [0.1, 0.15) is 0 Å². The van der Waals surface area contributed by atoms with Gasteiger partial charge in [0.2, 0.25) is 15.9 Å². The van der Waals surface area contributed by atoms with Crippen LogP contribution in [0.4, 0.5) is 0 Å². The van der Waals surface area contributed by atoms with Crippen molar-refractivity contribution < 1.29 is 13.2 Å². The van der Waals surface area contributed by atoms with Gasteiger partial charge in [-0.2, -0.15) is 4.31 Å². The third-order valence-corrected chi connectivity index (χ3v) is 8.54. The first-order valence-corrected chi connectivity index (χ1v) is 11.8. The highest BCUT2D eigenvalue weighted by Crippen LogP contribution is 2.35. The maximum Gasteiger partial charge on any atom is 0.243 e. The Labute approximate surface area is 177 Å². The van der Waals surface area contributed by atoms with Gasteiger partial charge in [-0.25, -0.2) is 8.42 Å². The van der Waals surface area contributed by atoms with Crippen molar-refractivity contribution in [1.29, 1.82) is 0 Å². The van der Waals surface area contributed by atoms with Gasteiger partial charge in [0, 0.05) is 19.6 Å². The van der Waals surface area contributed by atoms with E-state index in [0.717, 1.165) is 6.42 Å². The molecule has 0 aliphatic carbocycles. The molecule has 2 saturated heterocycles. The number of sulfonamides is 1. The number of hydrogen-bond donors (Lipinski definition) is 1. The van der Waals surface area contributed by atoms with Crippen molar-refractivity contribution in [3.63, 3.8) is 0 Å². The quantitative estimate of drug-likeness (QED) is 0.750. The second-order valence-corrected chi connectivity index (χ2v) is 10.6. The molecule has 2 aliphatic heterocycles. The third-order valence-electron chi connectivity index (χ3n) is 5.91. The molecule has 1 aromatic carbocycles. The molecule has 2 heterocycles. The first kappa shape index (κ1) is 21.8. The van der Waals surface area contributed by atoms with Crippen LogP contribution in [0.3, 0.4) is 0 Å². The Kier molecular flexibility index (Phi) is 6.32. The van der Waals surface area contributed by atoms with E-state index in [4.69, 9.17) is 23.2 Å². The van der Waals surface area contributed by atoms with E-state index < -0.39 is 15.7 Å². The molecule has 0 saturated carbocycles. The van der Waals surface area contributed by atoms with Gasteiger partial charge in [0.25, 0.3) is 0 Å². The second kappa shape index (κ2) is 8.11. The molecule has 0 aromatic heterocycles.